The molecule has 1 unspecified atom stereocenters. The first-order valence-corrected chi connectivity index (χ1v) is 7.46. The van der Waals surface area contributed by atoms with Gasteiger partial charge in [-0.3, -0.25) is 0 Å². The number of ether oxygens (including phenoxy) is 2. The van der Waals surface area contributed by atoms with Crippen LogP contribution in [0.1, 0.15) is 24.5 Å². The summed E-state index contributed by atoms with van der Waals surface area (Å²) < 4.78 is 12.3. The van der Waals surface area contributed by atoms with Gasteiger partial charge in [0.25, 0.3) is 0 Å². The highest BCUT2D eigenvalue weighted by molar-refractivity contribution is 9.10. The van der Waals surface area contributed by atoms with Crippen LogP contribution in [-0.4, -0.2) is 16.6 Å². The molecule has 0 saturated heterocycles. The molecular formula is C14H12BrClN2O2. The Kier molecular flexibility index (Phi) is 3.81. The van der Waals surface area contributed by atoms with E-state index in [1.54, 1.807) is 0 Å². The minimum Gasteiger partial charge on any atom is -0.485 e. The molecule has 0 aliphatic carbocycles. The van der Waals surface area contributed by atoms with Crippen molar-refractivity contribution in [3.63, 3.8) is 0 Å². The number of rotatable bonds is 2. The quantitative estimate of drug-likeness (QED) is 0.765. The first-order valence-electron chi connectivity index (χ1n) is 6.29. The van der Waals surface area contributed by atoms with Crippen LogP contribution in [0.2, 0.25) is 5.15 Å². The molecule has 0 bridgehead atoms. The van der Waals surface area contributed by atoms with E-state index in [1.807, 2.05) is 31.2 Å². The van der Waals surface area contributed by atoms with Crippen molar-refractivity contribution in [1.29, 1.82) is 0 Å². The normalized spacial score (nSPS) is 17.1. The third-order valence-electron chi connectivity index (χ3n) is 3.03. The summed E-state index contributed by atoms with van der Waals surface area (Å²) in [5.41, 5.74) is 0.863. The lowest BCUT2D eigenvalue weighted by Gasteiger charge is -2.25. The maximum Gasteiger partial charge on any atom is 0.192 e. The van der Waals surface area contributed by atoms with Crippen LogP contribution in [0.5, 0.6) is 11.5 Å². The second kappa shape index (κ2) is 5.58. The number of aryl methyl sites for hydroxylation is 1. The van der Waals surface area contributed by atoms with Gasteiger partial charge in [0.1, 0.15) is 11.8 Å². The fourth-order valence-electron chi connectivity index (χ4n) is 2.01. The molecule has 0 radical (unpaired) electrons. The molecule has 0 N–H and O–H groups in total. The summed E-state index contributed by atoms with van der Waals surface area (Å²) in [7, 11) is 0. The molecule has 0 saturated carbocycles. The van der Waals surface area contributed by atoms with Gasteiger partial charge in [-0.1, -0.05) is 30.7 Å². The number of hydrogen-bond donors (Lipinski definition) is 0. The van der Waals surface area contributed by atoms with Crippen molar-refractivity contribution in [2.45, 2.75) is 19.4 Å². The lowest BCUT2D eigenvalue weighted by atomic mass is 10.2. The third kappa shape index (κ3) is 2.47. The lowest BCUT2D eigenvalue weighted by molar-refractivity contribution is 0.0848. The summed E-state index contributed by atoms with van der Waals surface area (Å²) in [5, 5.41) is 0.398. The van der Waals surface area contributed by atoms with Crippen LogP contribution in [0, 0.1) is 0 Å². The molecule has 3 rings (SSSR count). The zero-order valence-electron chi connectivity index (χ0n) is 10.8. The average molecular weight is 356 g/mol. The fraction of sp³-hybridized carbons (Fsp3) is 0.286. The average Bonchev–Trinajstić information content (AvgIpc) is 2.49. The Labute approximate surface area is 130 Å². The van der Waals surface area contributed by atoms with Crippen molar-refractivity contribution in [3.05, 3.63) is 45.4 Å². The number of fused-ring (bicyclic) bond motifs is 1. The third-order valence-corrected chi connectivity index (χ3v) is 4.36. The monoisotopic (exact) mass is 354 g/mol. The Hall–Kier alpha value is -1.33. The summed E-state index contributed by atoms with van der Waals surface area (Å²) in [6, 6.07) is 7.54. The zero-order valence-corrected chi connectivity index (χ0v) is 13.1. The SMILES string of the molecule is CCc1nc(C2COc3ccccc3O2)nc(Cl)c1Br. The van der Waals surface area contributed by atoms with E-state index in [9.17, 15) is 0 Å². The number of hydrogen-bond acceptors (Lipinski definition) is 4. The van der Waals surface area contributed by atoms with E-state index in [0.717, 1.165) is 22.3 Å². The largest absolute Gasteiger partial charge is 0.485 e. The molecule has 0 amide bonds. The molecule has 0 fully saturated rings. The van der Waals surface area contributed by atoms with Crippen LogP contribution in [0.3, 0.4) is 0 Å². The second-order valence-corrected chi connectivity index (χ2v) is 5.50. The van der Waals surface area contributed by atoms with Gasteiger partial charge in [0.2, 0.25) is 0 Å². The van der Waals surface area contributed by atoms with E-state index in [-0.39, 0.29) is 6.10 Å². The molecule has 1 atom stereocenters. The molecular weight excluding hydrogens is 344 g/mol. The number of nitrogens with zero attached hydrogens (tertiary/aromatic N) is 2. The maximum absolute atomic E-state index is 6.12. The summed E-state index contributed by atoms with van der Waals surface area (Å²) in [6.07, 6.45) is 0.417. The topological polar surface area (TPSA) is 44.2 Å². The van der Waals surface area contributed by atoms with Crippen LogP contribution in [-0.2, 0) is 6.42 Å². The zero-order chi connectivity index (χ0) is 14.1. The maximum atomic E-state index is 6.12. The van der Waals surface area contributed by atoms with Crippen LogP contribution in [0.25, 0.3) is 0 Å². The summed E-state index contributed by atoms with van der Waals surface area (Å²) >= 11 is 9.52. The summed E-state index contributed by atoms with van der Waals surface area (Å²) in [4.78, 5) is 8.78. The Morgan fingerprint density at radius 2 is 2.05 bits per heavy atom. The predicted octanol–water partition coefficient (Wildman–Crippen LogP) is 3.97. The van der Waals surface area contributed by atoms with Crippen molar-refractivity contribution >= 4 is 27.5 Å². The standard InChI is InChI=1S/C14H12BrClN2O2/c1-2-8-12(15)13(16)18-14(17-8)11-7-19-9-5-3-4-6-10(9)20-11/h3-6,11H,2,7H2,1H3. The molecule has 20 heavy (non-hydrogen) atoms. The Bertz CT molecular complexity index is 651. The predicted molar refractivity (Wildman–Crippen MR) is 79.4 cm³/mol. The molecule has 1 aliphatic heterocycles. The van der Waals surface area contributed by atoms with Crippen molar-refractivity contribution in [3.8, 4) is 11.5 Å². The van der Waals surface area contributed by atoms with Crippen molar-refractivity contribution < 1.29 is 9.47 Å². The highest BCUT2D eigenvalue weighted by Crippen LogP contribution is 2.36. The first-order chi connectivity index (χ1) is 9.69. The van der Waals surface area contributed by atoms with Gasteiger partial charge >= 0.3 is 0 Å². The molecule has 1 aromatic heterocycles. The number of benzene rings is 1. The highest BCUT2D eigenvalue weighted by Gasteiger charge is 2.26. The van der Waals surface area contributed by atoms with Crippen LogP contribution in [0.4, 0.5) is 0 Å². The minimum atomic E-state index is -0.346. The van der Waals surface area contributed by atoms with Gasteiger partial charge in [-0.25, -0.2) is 9.97 Å². The fourth-order valence-corrected chi connectivity index (χ4v) is 2.66. The molecule has 1 aliphatic rings. The van der Waals surface area contributed by atoms with Crippen LogP contribution in [0.15, 0.2) is 28.7 Å². The van der Waals surface area contributed by atoms with E-state index in [1.165, 1.54) is 0 Å². The summed E-state index contributed by atoms with van der Waals surface area (Å²) in [6.45, 7) is 2.39. The molecule has 4 nitrogen and oxygen atoms in total. The Morgan fingerprint density at radius 1 is 1.30 bits per heavy atom. The van der Waals surface area contributed by atoms with E-state index >= 15 is 0 Å². The van der Waals surface area contributed by atoms with E-state index in [0.29, 0.717) is 23.3 Å². The van der Waals surface area contributed by atoms with Crippen molar-refractivity contribution in [2.24, 2.45) is 0 Å². The summed E-state index contributed by atoms with van der Waals surface area (Å²) in [5.74, 6) is 1.98. The lowest BCUT2D eigenvalue weighted by Crippen LogP contribution is -2.24. The highest BCUT2D eigenvalue weighted by atomic mass is 79.9. The van der Waals surface area contributed by atoms with E-state index < -0.39 is 0 Å². The molecule has 2 heterocycles. The molecule has 2 aromatic rings. The molecule has 1 aromatic carbocycles. The van der Waals surface area contributed by atoms with Gasteiger partial charge in [0.15, 0.2) is 23.4 Å². The van der Waals surface area contributed by atoms with Gasteiger partial charge in [0.05, 0.1) is 10.2 Å². The Balaban J connectivity index is 1.93. The minimum absolute atomic E-state index is 0.346. The van der Waals surface area contributed by atoms with Crippen molar-refractivity contribution in [1.82, 2.24) is 9.97 Å². The molecule has 6 heteroatoms. The van der Waals surface area contributed by atoms with Gasteiger partial charge in [-0.05, 0) is 34.5 Å². The smallest absolute Gasteiger partial charge is 0.192 e. The van der Waals surface area contributed by atoms with Crippen LogP contribution < -0.4 is 9.47 Å². The van der Waals surface area contributed by atoms with Crippen molar-refractivity contribution in [2.75, 3.05) is 6.61 Å². The van der Waals surface area contributed by atoms with E-state index in [4.69, 9.17) is 21.1 Å². The Morgan fingerprint density at radius 3 is 2.80 bits per heavy atom. The molecule has 0 spiro atoms. The number of para-hydroxylation sites is 2. The van der Waals surface area contributed by atoms with Gasteiger partial charge in [-0.15, -0.1) is 0 Å². The number of aromatic nitrogens is 2. The number of halogens is 2. The van der Waals surface area contributed by atoms with Gasteiger partial charge in [-0.2, -0.15) is 0 Å². The van der Waals surface area contributed by atoms with E-state index in [2.05, 4.69) is 25.9 Å². The van der Waals surface area contributed by atoms with Gasteiger partial charge in [0, 0.05) is 0 Å². The molecule has 104 valence electrons. The van der Waals surface area contributed by atoms with Crippen LogP contribution >= 0.6 is 27.5 Å². The van der Waals surface area contributed by atoms with Gasteiger partial charge < -0.3 is 9.47 Å². The first kappa shape index (κ1) is 13.6. The second-order valence-electron chi connectivity index (χ2n) is 4.35.